The molecule has 0 aliphatic carbocycles. The molecule has 0 aliphatic rings. The molecule has 20 heavy (non-hydrogen) atoms. The summed E-state index contributed by atoms with van der Waals surface area (Å²) in [6.45, 7) is 0. The van der Waals surface area contributed by atoms with E-state index in [0.29, 0.717) is 5.02 Å². The van der Waals surface area contributed by atoms with Gasteiger partial charge >= 0.3 is 5.92 Å². The van der Waals surface area contributed by atoms with Crippen LogP contribution in [0, 0.1) is 0 Å². The molecule has 2 N–H and O–H groups in total. The van der Waals surface area contributed by atoms with Gasteiger partial charge in [-0.15, -0.1) is 0 Å². The molecule has 2 rings (SSSR count). The number of aliphatic hydroxyl groups is 2. The van der Waals surface area contributed by atoms with E-state index in [2.05, 4.69) is 0 Å². The Morgan fingerprint density at radius 2 is 1.25 bits per heavy atom. The molecule has 0 unspecified atom stereocenters. The predicted octanol–water partition coefficient (Wildman–Crippen LogP) is 3.74. The summed E-state index contributed by atoms with van der Waals surface area (Å²) in [6.07, 6.45) is -4.20. The molecule has 0 radical (unpaired) electrons. The zero-order valence-electron chi connectivity index (χ0n) is 10.4. The number of hydrogen-bond donors (Lipinski definition) is 2. The first kappa shape index (κ1) is 14.9. The van der Waals surface area contributed by atoms with Crippen molar-refractivity contribution in [1.82, 2.24) is 0 Å². The average molecular weight is 299 g/mol. The Bertz CT molecular complexity index is 558. The van der Waals surface area contributed by atoms with Gasteiger partial charge in [0, 0.05) is 5.02 Å². The third-order valence-corrected chi connectivity index (χ3v) is 3.28. The van der Waals surface area contributed by atoms with Crippen LogP contribution in [-0.2, 0) is 0 Å². The summed E-state index contributed by atoms with van der Waals surface area (Å²) in [4.78, 5) is 0. The second kappa shape index (κ2) is 5.87. The molecule has 0 saturated carbocycles. The molecular formula is C15H13ClF2O2. The topological polar surface area (TPSA) is 40.5 Å². The molecule has 2 atom stereocenters. The van der Waals surface area contributed by atoms with Gasteiger partial charge in [-0.25, -0.2) is 8.78 Å². The van der Waals surface area contributed by atoms with Crippen LogP contribution >= 0.6 is 11.6 Å². The van der Waals surface area contributed by atoms with Crippen LogP contribution in [0.5, 0.6) is 0 Å². The van der Waals surface area contributed by atoms with Gasteiger partial charge in [0.1, 0.15) is 12.2 Å². The first-order valence-corrected chi connectivity index (χ1v) is 6.35. The van der Waals surface area contributed by atoms with Gasteiger partial charge in [-0.3, -0.25) is 0 Å². The van der Waals surface area contributed by atoms with Gasteiger partial charge in [0.2, 0.25) is 0 Å². The van der Waals surface area contributed by atoms with Crippen molar-refractivity contribution in [2.45, 2.75) is 18.1 Å². The summed E-state index contributed by atoms with van der Waals surface area (Å²) in [7, 11) is 0. The standard InChI is InChI=1S/C15H13ClF2O2/c16-12-8-6-11(7-9-12)14(20)15(17,18)13(19)10-4-2-1-3-5-10/h1-9,13-14,19-20H/t13-,14-/m1/s1. The zero-order chi connectivity index (χ0) is 14.8. The monoisotopic (exact) mass is 298 g/mol. The summed E-state index contributed by atoms with van der Waals surface area (Å²) >= 11 is 5.67. The van der Waals surface area contributed by atoms with Gasteiger partial charge in [-0.2, -0.15) is 0 Å². The lowest BCUT2D eigenvalue weighted by molar-refractivity contribution is -0.181. The van der Waals surface area contributed by atoms with Crippen molar-refractivity contribution in [2.24, 2.45) is 0 Å². The van der Waals surface area contributed by atoms with Gasteiger partial charge in [0.05, 0.1) is 0 Å². The maximum atomic E-state index is 14.1. The summed E-state index contributed by atoms with van der Waals surface area (Å²) < 4.78 is 28.3. The Morgan fingerprint density at radius 3 is 1.75 bits per heavy atom. The highest BCUT2D eigenvalue weighted by Crippen LogP contribution is 2.41. The first-order valence-electron chi connectivity index (χ1n) is 5.97. The molecule has 2 aromatic carbocycles. The normalized spacial score (nSPS) is 14.8. The van der Waals surface area contributed by atoms with Crippen LogP contribution < -0.4 is 0 Å². The SMILES string of the molecule is O[C@H](c1ccccc1)C(F)(F)[C@H](O)c1ccc(Cl)cc1. The summed E-state index contributed by atoms with van der Waals surface area (Å²) in [6, 6.07) is 12.9. The van der Waals surface area contributed by atoms with Gasteiger partial charge < -0.3 is 10.2 Å². The lowest BCUT2D eigenvalue weighted by Crippen LogP contribution is -2.33. The molecule has 0 fully saturated rings. The molecule has 0 spiro atoms. The molecule has 0 aliphatic heterocycles. The second-order valence-electron chi connectivity index (χ2n) is 4.44. The lowest BCUT2D eigenvalue weighted by atomic mass is 9.95. The first-order chi connectivity index (χ1) is 9.43. The third kappa shape index (κ3) is 2.98. The molecule has 106 valence electrons. The van der Waals surface area contributed by atoms with Crippen LogP contribution in [0.2, 0.25) is 5.02 Å². The summed E-state index contributed by atoms with van der Waals surface area (Å²) in [5.41, 5.74) is 0.0416. The van der Waals surface area contributed by atoms with E-state index < -0.39 is 18.1 Å². The van der Waals surface area contributed by atoms with E-state index >= 15 is 0 Å². The predicted molar refractivity (Wildman–Crippen MR) is 72.8 cm³/mol. The quantitative estimate of drug-likeness (QED) is 0.902. The minimum absolute atomic E-state index is 0.00520. The van der Waals surface area contributed by atoms with Crippen LogP contribution in [0.25, 0.3) is 0 Å². The van der Waals surface area contributed by atoms with E-state index in [4.69, 9.17) is 11.6 Å². The van der Waals surface area contributed by atoms with E-state index in [0.717, 1.165) is 0 Å². The molecule has 5 heteroatoms. The smallest absolute Gasteiger partial charge is 0.306 e. The number of alkyl halides is 2. The second-order valence-corrected chi connectivity index (χ2v) is 4.88. The van der Waals surface area contributed by atoms with Gasteiger partial charge in [-0.05, 0) is 23.3 Å². The highest BCUT2D eigenvalue weighted by atomic mass is 35.5. The Kier molecular flexibility index (Phi) is 4.38. The molecule has 0 amide bonds. The van der Waals surface area contributed by atoms with Crippen molar-refractivity contribution in [1.29, 1.82) is 0 Å². The van der Waals surface area contributed by atoms with Crippen LogP contribution in [0.3, 0.4) is 0 Å². The molecule has 0 aromatic heterocycles. The molecule has 0 bridgehead atoms. The van der Waals surface area contributed by atoms with Crippen molar-refractivity contribution in [3.63, 3.8) is 0 Å². The number of aliphatic hydroxyl groups excluding tert-OH is 2. The van der Waals surface area contributed by atoms with E-state index in [1.165, 1.54) is 36.4 Å². The van der Waals surface area contributed by atoms with Crippen molar-refractivity contribution in [2.75, 3.05) is 0 Å². The maximum absolute atomic E-state index is 14.1. The molecule has 2 aromatic rings. The van der Waals surface area contributed by atoms with Gasteiger partial charge in [0.15, 0.2) is 0 Å². The van der Waals surface area contributed by atoms with Crippen molar-refractivity contribution in [3.05, 3.63) is 70.7 Å². The maximum Gasteiger partial charge on any atom is 0.306 e. The minimum Gasteiger partial charge on any atom is -0.382 e. The van der Waals surface area contributed by atoms with Crippen molar-refractivity contribution < 1.29 is 19.0 Å². The fourth-order valence-electron chi connectivity index (χ4n) is 1.87. The lowest BCUT2D eigenvalue weighted by Gasteiger charge is -2.27. The third-order valence-electron chi connectivity index (χ3n) is 3.03. The van der Waals surface area contributed by atoms with Gasteiger partial charge in [-0.1, -0.05) is 54.1 Å². The van der Waals surface area contributed by atoms with Crippen LogP contribution in [0.15, 0.2) is 54.6 Å². The highest BCUT2D eigenvalue weighted by Gasteiger charge is 2.47. The Labute approximate surface area is 120 Å². The van der Waals surface area contributed by atoms with E-state index in [1.54, 1.807) is 18.2 Å². The van der Waals surface area contributed by atoms with Crippen molar-refractivity contribution in [3.8, 4) is 0 Å². The van der Waals surface area contributed by atoms with Gasteiger partial charge in [0.25, 0.3) is 0 Å². The Morgan fingerprint density at radius 1 is 0.800 bits per heavy atom. The highest BCUT2D eigenvalue weighted by molar-refractivity contribution is 6.30. The Hall–Kier alpha value is -1.49. The van der Waals surface area contributed by atoms with E-state index in [9.17, 15) is 19.0 Å². The fraction of sp³-hybridized carbons (Fsp3) is 0.200. The molecule has 2 nitrogen and oxygen atoms in total. The zero-order valence-corrected chi connectivity index (χ0v) is 11.1. The molecule has 0 heterocycles. The van der Waals surface area contributed by atoms with E-state index in [-0.39, 0.29) is 11.1 Å². The van der Waals surface area contributed by atoms with Crippen LogP contribution in [-0.4, -0.2) is 16.1 Å². The average Bonchev–Trinajstić information content (AvgIpc) is 2.47. The summed E-state index contributed by atoms with van der Waals surface area (Å²) in [5.74, 6) is -3.71. The molecule has 0 saturated heterocycles. The fourth-order valence-corrected chi connectivity index (χ4v) is 2.00. The van der Waals surface area contributed by atoms with E-state index in [1.807, 2.05) is 0 Å². The van der Waals surface area contributed by atoms with Crippen LogP contribution in [0.4, 0.5) is 8.78 Å². The minimum atomic E-state index is -3.71. The number of rotatable bonds is 4. The number of benzene rings is 2. The van der Waals surface area contributed by atoms with Crippen LogP contribution in [0.1, 0.15) is 23.3 Å². The Balaban J connectivity index is 2.27. The van der Waals surface area contributed by atoms with Crippen molar-refractivity contribution >= 4 is 11.6 Å². The number of hydrogen-bond acceptors (Lipinski definition) is 2. The number of halogens is 3. The summed E-state index contributed by atoms with van der Waals surface area (Å²) in [5, 5.41) is 20.0. The largest absolute Gasteiger partial charge is 0.382 e. The molecular weight excluding hydrogens is 286 g/mol.